The van der Waals surface area contributed by atoms with Crippen LogP contribution in [0.1, 0.15) is 5.56 Å². The van der Waals surface area contributed by atoms with Crippen LogP contribution in [-0.4, -0.2) is 38.3 Å². The van der Waals surface area contributed by atoms with Crippen molar-refractivity contribution in [1.29, 1.82) is 0 Å². The minimum absolute atomic E-state index is 0.305. The highest BCUT2D eigenvalue weighted by Gasteiger charge is 2.03. The van der Waals surface area contributed by atoms with E-state index in [0.717, 1.165) is 5.56 Å². The number of nitrogens with one attached hydrogen (secondary N) is 2. The van der Waals surface area contributed by atoms with Crippen LogP contribution in [0.5, 0.6) is 11.6 Å². The molecule has 1 aromatic heterocycles. The average molecular weight is 332 g/mol. The first kappa shape index (κ1) is 17.7. The van der Waals surface area contributed by atoms with Gasteiger partial charge in [0.15, 0.2) is 5.96 Å². The van der Waals surface area contributed by atoms with Gasteiger partial charge in [0, 0.05) is 39.5 Å². The first-order valence-corrected chi connectivity index (χ1v) is 7.53. The van der Waals surface area contributed by atoms with Gasteiger partial charge in [0.2, 0.25) is 5.88 Å². The standard InChI is InChI=1S/C17H21FN4O2/c1-19-17(21-9-10-23-2)22-12-13-7-8-20-16(11-13)24-15-5-3-14(18)4-6-15/h3-8,11H,9-10,12H2,1-2H3,(H2,19,21,22). The smallest absolute Gasteiger partial charge is 0.219 e. The molecule has 0 amide bonds. The molecule has 6 nitrogen and oxygen atoms in total. The molecule has 2 rings (SSSR count). The van der Waals surface area contributed by atoms with E-state index in [1.165, 1.54) is 12.1 Å². The van der Waals surface area contributed by atoms with Crippen molar-refractivity contribution < 1.29 is 13.9 Å². The van der Waals surface area contributed by atoms with Crippen LogP contribution in [0.2, 0.25) is 0 Å². The maximum absolute atomic E-state index is 12.9. The molecule has 0 unspecified atom stereocenters. The van der Waals surface area contributed by atoms with Crippen LogP contribution in [0.25, 0.3) is 0 Å². The number of nitrogens with zero attached hydrogens (tertiary/aromatic N) is 2. The molecule has 0 atom stereocenters. The van der Waals surface area contributed by atoms with E-state index in [-0.39, 0.29) is 5.82 Å². The van der Waals surface area contributed by atoms with Gasteiger partial charge in [-0.2, -0.15) is 0 Å². The predicted molar refractivity (Wildman–Crippen MR) is 90.8 cm³/mol. The topological polar surface area (TPSA) is 67.8 Å². The molecular weight excluding hydrogens is 311 g/mol. The zero-order valence-electron chi connectivity index (χ0n) is 13.8. The second-order valence-electron chi connectivity index (χ2n) is 4.90. The fourth-order valence-electron chi connectivity index (χ4n) is 1.92. The lowest BCUT2D eigenvalue weighted by molar-refractivity contribution is 0.203. The Morgan fingerprint density at radius 2 is 2.00 bits per heavy atom. The Morgan fingerprint density at radius 1 is 1.21 bits per heavy atom. The number of aromatic nitrogens is 1. The quantitative estimate of drug-likeness (QED) is 0.463. The minimum atomic E-state index is -0.305. The molecule has 0 aliphatic carbocycles. The Morgan fingerprint density at radius 3 is 2.71 bits per heavy atom. The van der Waals surface area contributed by atoms with Crippen molar-refractivity contribution in [2.45, 2.75) is 6.54 Å². The van der Waals surface area contributed by atoms with Crippen LogP contribution in [0, 0.1) is 5.82 Å². The van der Waals surface area contributed by atoms with Crippen LogP contribution >= 0.6 is 0 Å². The molecule has 0 saturated heterocycles. The third-order valence-corrected chi connectivity index (χ3v) is 3.12. The van der Waals surface area contributed by atoms with Gasteiger partial charge < -0.3 is 20.1 Å². The molecule has 2 N–H and O–H groups in total. The Hall–Kier alpha value is -2.67. The number of ether oxygens (including phenoxy) is 2. The molecule has 0 aliphatic rings. The van der Waals surface area contributed by atoms with Gasteiger partial charge in [0.1, 0.15) is 11.6 Å². The van der Waals surface area contributed by atoms with Gasteiger partial charge in [-0.25, -0.2) is 9.37 Å². The average Bonchev–Trinajstić information content (AvgIpc) is 2.60. The van der Waals surface area contributed by atoms with E-state index in [2.05, 4.69) is 20.6 Å². The van der Waals surface area contributed by atoms with E-state index in [1.807, 2.05) is 12.1 Å². The molecule has 0 fully saturated rings. The van der Waals surface area contributed by atoms with Gasteiger partial charge in [0.25, 0.3) is 0 Å². The Kier molecular flexibility index (Phi) is 6.97. The first-order chi connectivity index (χ1) is 11.7. The van der Waals surface area contributed by atoms with Gasteiger partial charge in [-0.05, 0) is 35.9 Å². The minimum Gasteiger partial charge on any atom is -0.439 e. The number of rotatable bonds is 7. The van der Waals surface area contributed by atoms with Crippen molar-refractivity contribution in [3.8, 4) is 11.6 Å². The van der Waals surface area contributed by atoms with E-state index in [1.54, 1.807) is 32.5 Å². The summed E-state index contributed by atoms with van der Waals surface area (Å²) in [5.41, 5.74) is 0.983. The van der Waals surface area contributed by atoms with E-state index in [4.69, 9.17) is 9.47 Å². The number of benzene rings is 1. The van der Waals surface area contributed by atoms with Crippen molar-refractivity contribution in [1.82, 2.24) is 15.6 Å². The highest BCUT2D eigenvalue weighted by molar-refractivity contribution is 5.79. The summed E-state index contributed by atoms with van der Waals surface area (Å²) in [7, 11) is 3.36. The van der Waals surface area contributed by atoms with Gasteiger partial charge in [-0.15, -0.1) is 0 Å². The predicted octanol–water partition coefficient (Wildman–Crippen LogP) is 2.32. The highest BCUT2D eigenvalue weighted by atomic mass is 19.1. The molecule has 0 saturated carbocycles. The largest absolute Gasteiger partial charge is 0.439 e. The van der Waals surface area contributed by atoms with Crippen LogP contribution < -0.4 is 15.4 Å². The summed E-state index contributed by atoms with van der Waals surface area (Å²) >= 11 is 0. The number of halogens is 1. The van der Waals surface area contributed by atoms with E-state index < -0.39 is 0 Å². The second kappa shape index (κ2) is 9.46. The number of guanidine groups is 1. The summed E-state index contributed by atoms with van der Waals surface area (Å²) in [6.45, 7) is 1.84. The maximum Gasteiger partial charge on any atom is 0.219 e. The maximum atomic E-state index is 12.9. The SMILES string of the molecule is CN=C(NCCOC)NCc1ccnc(Oc2ccc(F)cc2)c1. The molecule has 0 radical (unpaired) electrons. The third-order valence-electron chi connectivity index (χ3n) is 3.12. The summed E-state index contributed by atoms with van der Waals surface area (Å²) in [6.07, 6.45) is 1.66. The number of hydrogen-bond acceptors (Lipinski definition) is 4. The number of aliphatic imine (C=N–C) groups is 1. The normalized spacial score (nSPS) is 11.2. The summed E-state index contributed by atoms with van der Waals surface area (Å²) in [5.74, 6) is 1.36. The molecular formula is C17H21FN4O2. The zero-order valence-corrected chi connectivity index (χ0v) is 13.8. The summed E-state index contributed by atoms with van der Waals surface area (Å²) in [4.78, 5) is 8.29. The molecule has 24 heavy (non-hydrogen) atoms. The van der Waals surface area contributed by atoms with Crippen LogP contribution in [0.15, 0.2) is 47.6 Å². The monoisotopic (exact) mass is 332 g/mol. The van der Waals surface area contributed by atoms with E-state index in [9.17, 15) is 4.39 Å². The molecule has 1 heterocycles. The van der Waals surface area contributed by atoms with Gasteiger partial charge in [-0.1, -0.05) is 0 Å². The van der Waals surface area contributed by atoms with Gasteiger partial charge >= 0.3 is 0 Å². The van der Waals surface area contributed by atoms with E-state index in [0.29, 0.717) is 37.3 Å². The zero-order chi connectivity index (χ0) is 17.2. The number of hydrogen-bond donors (Lipinski definition) is 2. The first-order valence-electron chi connectivity index (χ1n) is 7.53. The molecule has 0 bridgehead atoms. The number of pyridine rings is 1. The van der Waals surface area contributed by atoms with Crippen molar-refractivity contribution in [2.75, 3.05) is 27.3 Å². The Bertz CT molecular complexity index is 662. The summed E-state index contributed by atoms with van der Waals surface area (Å²) < 4.78 is 23.5. The van der Waals surface area contributed by atoms with Gasteiger partial charge in [-0.3, -0.25) is 4.99 Å². The van der Waals surface area contributed by atoms with Crippen molar-refractivity contribution in [2.24, 2.45) is 4.99 Å². The Labute approximate surface area is 140 Å². The van der Waals surface area contributed by atoms with Gasteiger partial charge in [0.05, 0.1) is 6.61 Å². The third kappa shape index (κ3) is 5.85. The lowest BCUT2D eigenvalue weighted by Gasteiger charge is -2.12. The van der Waals surface area contributed by atoms with E-state index >= 15 is 0 Å². The number of methoxy groups -OCH3 is 1. The Balaban J connectivity index is 1.91. The van der Waals surface area contributed by atoms with Crippen LogP contribution in [-0.2, 0) is 11.3 Å². The summed E-state index contributed by atoms with van der Waals surface area (Å²) in [5, 5.41) is 6.33. The molecule has 1 aromatic carbocycles. The molecule has 7 heteroatoms. The fourth-order valence-corrected chi connectivity index (χ4v) is 1.92. The van der Waals surface area contributed by atoms with Crippen molar-refractivity contribution >= 4 is 5.96 Å². The molecule has 0 spiro atoms. The van der Waals surface area contributed by atoms with Crippen molar-refractivity contribution in [3.63, 3.8) is 0 Å². The van der Waals surface area contributed by atoms with Crippen LogP contribution in [0.3, 0.4) is 0 Å². The van der Waals surface area contributed by atoms with Crippen LogP contribution in [0.4, 0.5) is 4.39 Å². The summed E-state index contributed by atoms with van der Waals surface area (Å²) in [6, 6.07) is 9.51. The fraction of sp³-hybridized carbons (Fsp3) is 0.294. The highest BCUT2D eigenvalue weighted by Crippen LogP contribution is 2.20. The molecule has 2 aromatic rings. The molecule has 128 valence electrons. The second-order valence-corrected chi connectivity index (χ2v) is 4.90. The lowest BCUT2D eigenvalue weighted by atomic mass is 10.2. The molecule has 0 aliphatic heterocycles. The van der Waals surface area contributed by atoms with Crippen molar-refractivity contribution in [3.05, 3.63) is 54.0 Å². The lowest BCUT2D eigenvalue weighted by Crippen LogP contribution is -2.38.